The molecule has 1 N–H and O–H groups in total. The quantitative estimate of drug-likeness (QED) is 0.447. The molecule has 3 nitrogen and oxygen atoms in total. The summed E-state index contributed by atoms with van der Waals surface area (Å²) in [7, 11) is 1.41. The van der Waals surface area contributed by atoms with Crippen LogP contribution in [0.3, 0.4) is 0 Å². The van der Waals surface area contributed by atoms with E-state index in [0.29, 0.717) is 6.42 Å². The Morgan fingerprint density at radius 3 is 2.24 bits per heavy atom. The van der Waals surface area contributed by atoms with Crippen LogP contribution in [0.4, 0.5) is 0 Å². The lowest BCUT2D eigenvalue weighted by Gasteiger charge is -2.09. The Labute approximate surface area is 106 Å². The fourth-order valence-electron chi connectivity index (χ4n) is 1.88. The van der Waals surface area contributed by atoms with E-state index in [4.69, 9.17) is 0 Å². The first-order chi connectivity index (χ1) is 8.20. The van der Waals surface area contributed by atoms with Crippen LogP contribution in [0.25, 0.3) is 0 Å². The van der Waals surface area contributed by atoms with Crippen molar-refractivity contribution in [2.24, 2.45) is 0 Å². The highest BCUT2D eigenvalue weighted by Gasteiger charge is 2.05. The second kappa shape index (κ2) is 11.9. The van der Waals surface area contributed by atoms with E-state index >= 15 is 0 Å². The predicted octanol–water partition coefficient (Wildman–Crippen LogP) is 3.44. The third-order valence-corrected chi connectivity index (χ3v) is 3.04. The molecule has 17 heavy (non-hydrogen) atoms. The SMILES string of the molecule is CCCCCCC[C@H](O)CCCCC(=O)OC. The number of rotatable bonds is 11. The Morgan fingerprint density at radius 2 is 1.65 bits per heavy atom. The maximum atomic E-state index is 10.8. The molecule has 0 spiro atoms. The molecule has 0 aliphatic carbocycles. The van der Waals surface area contributed by atoms with Gasteiger partial charge in [0.2, 0.25) is 0 Å². The molecule has 0 bridgehead atoms. The van der Waals surface area contributed by atoms with Gasteiger partial charge in [0.25, 0.3) is 0 Å². The molecule has 0 aliphatic heterocycles. The van der Waals surface area contributed by atoms with Crippen LogP contribution in [0.5, 0.6) is 0 Å². The highest BCUT2D eigenvalue weighted by molar-refractivity contribution is 5.68. The van der Waals surface area contributed by atoms with Gasteiger partial charge in [-0.3, -0.25) is 4.79 Å². The third-order valence-electron chi connectivity index (χ3n) is 3.04. The number of ether oxygens (including phenoxy) is 1. The molecule has 0 amide bonds. The largest absolute Gasteiger partial charge is 0.469 e. The smallest absolute Gasteiger partial charge is 0.305 e. The van der Waals surface area contributed by atoms with Gasteiger partial charge in [0.15, 0.2) is 0 Å². The molecule has 0 aliphatic rings. The Kier molecular flexibility index (Phi) is 11.5. The van der Waals surface area contributed by atoms with Crippen molar-refractivity contribution in [3.63, 3.8) is 0 Å². The summed E-state index contributed by atoms with van der Waals surface area (Å²) in [5, 5.41) is 9.71. The van der Waals surface area contributed by atoms with Gasteiger partial charge >= 0.3 is 5.97 Å². The first-order valence-corrected chi connectivity index (χ1v) is 6.95. The number of aliphatic hydroxyl groups excluding tert-OH is 1. The van der Waals surface area contributed by atoms with Crippen LogP contribution in [0.15, 0.2) is 0 Å². The lowest BCUT2D eigenvalue weighted by atomic mass is 10.0. The summed E-state index contributed by atoms with van der Waals surface area (Å²) in [6.45, 7) is 2.20. The standard InChI is InChI=1S/C14H28O3/c1-3-4-5-6-7-10-13(15)11-8-9-12-14(16)17-2/h13,15H,3-12H2,1-2H3/t13-/m0/s1. The highest BCUT2D eigenvalue weighted by atomic mass is 16.5. The first kappa shape index (κ1) is 16.4. The monoisotopic (exact) mass is 244 g/mol. The summed E-state index contributed by atoms with van der Waals surface area (Å²) >= 11 is 0. The minimum Gasteiger partial charge on any atom is -0.469 e. The van der Waals surface area contributed by atoms with Crippen molar-refractivity contribution in [1.82, 2.24) is 0 Å². The van der Waals surface area contributed by atoms with Crippen LogP contribution in [0.2, 0.25) is 0 Å². The van der Waals surface area contributed by atoms with Gasteiger partial charge in [-0.25, -0.2) is 0 Å². The number of unbranched alkanes of at least 4 members (excludes halogenated alkanes) is 5. The Balaban J connectivity index is 3.23. The highest BCUT2D eigenvalue weighted by Crippen LogP contribution is 2.12. The number of hydrogen-bond donors (Lipinski definition) is 1. The van der Waals surface area contributed by atoms with Crippen molar-refractivity contribution in [3.05, 3.63) is 0 Å². The molecular weight excluding hydrogens is 216 g/mol. The average molecular weight is 244 g/mol. The number of carbonyl (C=O) groups is 1. The zero-order valence-electron chi connectivity index (χ0n) is 11.4. The molecule has 0 saturated heterocycles. The van der Waals surface area contributed by atoms with Crippen molar-refractivity contribution < 1.29 is 14.6 Å². The fraction of sp³-hybridized carbons (Fsp3) is 0.929. The first-order valence-electron chi connectivity index (χ1n) is 6.95. The van der Waals surface area contributed by atoms with E-state index in [1.807, 2.05) is 0 Å². The van der Waals surface area contributed by atoms with Crippen LogP contribution >= 0.6 is 0 Å². The Bertz CT molecular complexity index is 180. The topological polar surface area (TPSA) is 46.5 Å². The molecule has 0 aromatic heterocycles. The summed E-state index contributed by atoms with van der Waals surface area (Å²) in [6, 6.07) is 0. The third kappa shape index (κ3) is 11.7. The Hall–Kier alpha value is -0.570. The summed E-state index contributed by atoms with van der Waals surface area (Å²) in [5.41, 5.74) is 0. The molecule has 1 atom stereocenters. The van der Waals surface area contributed by atoms with Crippen LogP contribution in [0, 0.1) is 0 Å². The lowest BCUT2D eigenvalue weighted by molar-refractivity contribution is -0.140. The molecule has 0 aromatic carbocycles. The maximum Gasteiger partial charge on any atom is 0.305 e. The molecule has 0 fully saturated rings. The van der Waals surface area contributed by atoms with Crippen molar-refractivity contribution in [1.29, 1.82) is 0 Å². The van der Waals surface area contributed by atoms with Crippen molar-refractivity contribution in [3.8, 4) is 0 Å². The van der Waals surface area contributed by atoms with Gasteiger partial charge in [-0.2, -0.15) is 0 Å². The second-order valence-electron chi connectivity index (χ2n) is 4.68. The summed E-state index contributed by atoms with van der Waals surface area (Å²) in [4.78, 5) is 10.8. The van der Waals surface area contributed by atoms with E-state index in [-0.39, 0.29) is 12.1 Å². The molecule has 0 saturated carbocycles. The minimum absolute atomic E-state index is 0.154. The van der Waals surface area contributed by atoms with E-state index in [1.165, 1.54) is 32.8 Å². The number of aliphatic hydroxyl groups is 1. The normalized spacial score (nSPS) is 12.4. The van der Waals surface area contributed by atoms with Crippen molar-refractivity contribution in [2.75, 3.05) is 7.11 Å². The van der Waals surface area contributed by atoms with Gasteiger partial charge in [-0.1, -0.05) is 45.4 Å². The van der Waals surface area contributed by atoms with Gasteiger partial charge in [0.05, 0.1) is 13.2 Å². The van der Waals surface area contributed by atoms with Gasteiger partial charge in [-0.05, 0) is 19.3 Å². The van der Waals surface area contributed by atoms with Crippen molar-refractivity contribution in [2.45, 2.75) is 77.2 Å². The predicted molar refractivity (Wildman–Crippen MR) is 69.9 cm³/mol. The van der Waals surface area contributed by atoms with E-state index in [2.05, 4.69) is 11.7 Å². The van der Waals surface area contributed by atoms with Gasteiger partial charge < -0.3 is 9.84 Å². The number of methoxy groups -OCH3 is 1. The van der Waals surface area contributed by atoms with Gasteiger partial charge in [0.1, 0.15) is 0 Å². The second-order valence-corrected chi connectivity index (χ2v) is 4.68. The number of hydrogen-bond acceptors (Lipinski definition) is 3. The fourth-order valence-corrected chi connectivity index (χ4v) is 1.88. The van der Waals surface area contributed by atoms with Crippen LogP contribution in [-0.2, 0) is 9.53 Å². The number of carbonyl (C=O) groups excluding carboxylic acids is 1. The molecule has 0 aromatic rings. The van der Waals surface area contributed by atoms with Crippen LogP contribution < -0.4 is 0 Å². The van der Waals surface area contributed by atoms with E-state index in [9.17, 15) is 9.90 Å². The van der Waals surface area contributed by atoms with Crippen LogP contribution in [-0.4, -0.2) is 24.3 Å². The summed E-state index contributed by atoms with van der Waals surface area (Å²) in [5.74, 6) is -0.154. The van der Waals surface area contributed by atoms with Gasteiger partial charge in [0, 0.05) is 6.42 Å². The number of esters is 1. The minimum atomic E-state index is -0.186. The Morgan fingerprint density at radius 1 is 1.06 bits per heavy atom. The van der Waals surface area contributed by atoms with E-state index in [1.54, 1.807) is 0 Å². The molecule has 102 valence electrons. The zero-order valence-corrected chi connectivity index (χ0v) is 11.4. The summed E-state index contributed by atoms with van der Waals surface area (Å²) < 4.78 is 4.56. The molecule has 0 rings (SSSR count). The zero-order chi connectivity index (χ0) is 12.9. The van der Waals surface area contributed by atoms with Crippen molar-refractivity contribution >= 4 is 5.97 Å². The average Bonchev–Trinajstić information content (AvgIpc) is 2.34. The maximum absolute atomic E-state index is 10.8. The molecule has 3 heteroatoms. The van der Waals surface area contributed by atoms with Crippen LogP contribution in [0.1, 0.15) is 71.1 Å². The van der Waals surface area contributed by atoms with E-state index in [0.717, 1.165) is 32.1 Å². The molecular formula is C14H28O3. The molecule has 0 unspecified atom stereocenters. The van der Waals surface area contributed by atoms with Gasteiger partial charge in [-0.15, -0.1) is 0 Å². The summed E-state index contributed by atoms with van der Waals surface area (Å²) in [6.07, 6.45) is 9.92. The van der Waals surface area contributed by atoms with E-state index < -0.39 is 0 Å². The lowest BCUT2D eigenvalue weighted by Crippen LogP contribution is -2.07. The molecule has 0 radical (unpaired) electrons. The molecule has 0 heterocycles.